The first-order valence-corrected chi connectivity index (χ1v) is 6.49. The number of carboxylic acids is 1. The van der Waals surface area contributed by atoms with Crippen molar-refractivity contribution in [3.05, 3.63) is 0 Å². The highest BCUT2D eigenvalue weighted by Gasteiger charge is 2.38. The van der Waals surface area contributed by atoms with E-state index in [4.69, 9.17) is 19.9 Å². The van der Waals surface area contributed by atoms with Gasteiger partial charge < -0.3 is 19.9 Å². The van der Waals surface area contributed by atoms with E-state index in [0.717, 1.165) is 0 Å². The van der Waals surface area contributed by atoms with Gasteiger partial charge in [0.1, 0.15) is 6.04 Å². The summed E-state index contributed by atoms with van der Waals surface area (Å²) >= 11 is 0. The van der Waals surface area contributed by atoms with Crippen LogP contribution in [0.15, 0.2) is 0 Å². The lowest BCUT2D eigenvalue weighted by atomic mass is 10.2. The van der Waals surface area contributed by atoms with Crippen LogP contribution in [-0.4, -0.2) is 36.2 Å². The molecule has 2 atom stereocenters. The summed E-state index contributed by atoms with van der Waals surface area (Å²) in [5.41, 5.74) is 5.13. The lowest BCUT2D eigenvalue weighted by Gasteiger charge is -2.21. The van der Waals surface area contributed by atoms with Crippen molar-refractivity contribution in [3.63, 3.8) is 0 Å². The first-order chi connectivity index (χ1) is 7.37. The maximum absolute atomic E-state index is 13.6. The maximum atomic E-state index is 13.6. The molecule has 0 aromatic rings. The van der Waals surface area contributed by atoms with Crippen molar-refractivity contribution in [2.75, 3.05) is 13.2 Å². The van der Waals surface area contributed by atoms with E-state index in [0.29, 0.717) is 0 Å². The smallest absolute Gasteiger partial charge is 0.364 e. The molecule has 0 aliphatic rings. The van der Waals surface area contributed by atoms with E-state index in [1.807, 2.05) is 0 Å². The lowest BCUT2D eigenvalue weighted by molar-refractivity contribution is -0.138. The molecule has 0 heterocycles. The van der Waals surface area contributed by atoms with Gasteiger partial charge in [0.25, 0.3) is 0 Å². The predicted octanol–water partition coefficient (Wildman–Crippen LogP) is 1.35. The molecule has 6 nitrogen and oxygen atoms in total. The van der Waals surface area contributed by atoms with Gasteiger partial charge in [-0.05, 0) is 13.8 Å². The fourth-order valence-electron chi connectivity index (χ4n) is 0.998. The van der Waals surface area contributed by atoms with Gasteiger partial charge in [-0.1, -0.05) is 0 Å². The van der Waals surface area contributed by atoms with Crippen molar-refractivity contribution in [1.29, 1.82) is 0 Å². The minimum Gasteiger partial charge on any atom is -0.480 e. The number of alkyl halides is 1. The monoisotopic (exact) mass is 257 g/mol. The van der Waals surface area contributed by atoms with Crippen LogP contribution in [0.4, 0.5) is 4.39 Å². The largest absolute Gasteiger partial charge is 0.480 e. The van der Waals surface area contributed by atoms with Crippen LogP contribution in [0.2, 0.25) is 0 Å². The third kappa shape index (κ3) is 4.57. The minimum absolute atomic E-state index is 0.0139. The minimum atomic E-state index is -3.91. The van der Waals surface area contributed by atoms with Gasteiger partial charge in [-0.15, -0.1) is 0 Å². The van der Waals surface area contributed by atoms with Gasteiger partial charge >= 0.3 is 13.6 Å². The molecule has 96 valence electrons. The summed E-state index contributed by atoms with van der Waals surface area (Å²) in [6, 6.07) is -1.43. The zero-order valence-corrected chi connectivity index (χ0v) is 10.2. The normalized spacial score (nSPS) is 15.8. The molecule has 0 radical (unpaired) electrons. The number of hydrogen-bond donors (Lipinski definition) is 2. The topological polar surface area (TPSA) is 98.9 Å². The summed E-state index contributed by atoms with van der Waals surface area (Å²) in [6.07, 6.45) is -0.605. The molecule has 0 amide bonds. The molecule has 3 N–H and O–H groups in total. The average molecular weight is 257 g/mol. The van der Waals surface area contributed by atoms with Crippen LogP contribution in [0.3, 0.4) is 0 Å². The molecule has 16 heavy (non-hydrogen) atoms. The quantitative estimate of drug-likeness (QED) is 0.637. The van der Waals surface area contributed by atoms with Crippen molar-refractivity contribution in [2.24, 2.45) is 5.73 Å². The Labute approximate surface area is 93.4 Å². The van der Waals surface area contributed by atoms with Crippen LogP contribution in [0.25, 0.3) is 0 Å². The van der Waals surface area contributed by atoms with Crippen LogP contribution >= 0.6 is 7.60 Å². The Bertz CT molecular complexity index is 265. The molecule has 0 aromatic heterocycles. The zero-order chi connectivity index (χ0) is 12.8. The molecule has 0 saturated heterocycles. The fraction of sp³-hybridized carbons (Fsp3) is 0.875. The third-order valence-corrected chi connectivity index (χ3v) is 3.86. The van der Waals surface area contributed by atoms with E-state index in [-0.39, 0.29) is 13.2 Å². The van der Waals surface area contributed by atoms with E-state index in [1.54, 1.807) is 0 Å². The molecular weight excluding hydrogens is 240 g/mol. The number of carbonyl (C=O) groups is 1. The highest BCUT2D eigenvalue weighted by molar-refractivity contribution is 7.54. The predicted molar refractivity (Wildman–Crippen MR) is 56.0 cm³/mol. The van der Waals surface area contributed by atoms with Crippen LogP contribution < -0.4 is 5.73 Å². The Morgan fingerprint density at radius 2 is 1.88 bits per heavy atom. The second-order valence-corrected chi connectivity index (χ2v) is 5.15. The Morgan fingerprint density at radius 1 is 1.44 bits per heavy atom. The van der Waals surface area contributed by atoms with Gasteiger partial charge in [0, 0.05) is 6.42 Å². The van der Waals surface area contributed by atoms with Gasteiger partial charge in [0.05, 0.1) is 13.2 Å². The van der Waals surface area contributed by atoms with E-state index < -0.39 is 31.9 Å². The average Bonchev–Trinajstić information content (AvgIpc) is 2.18. The number of carboxylic acid groups (broad SMARTS) is 1. The summed E-state index contributed by atoms with van der Waals surface area (Å²) in [6.45, 7) is 3.10. The van der Waals surface area contributed by atoms with Gasteiger partial charge in [0.2, 0.25) is 5.91 Å². The van der Waals surface area contributed by atoms with Crippen LogP contribution in [0, 0.1) is 0 Å². The Morgan fingerprint density at radius 3 is 2.19 bits per heavy atom. The van der Waals surface area contributed by atoms with Crippen LogP contribution in [0.5, 0.6) is 0 Å². The van der Waals surface area contributed by atoms with Gasteiger partial charge in [-0.25, -0.2) is 4.39 Å². The highest BCUT2D eigenvalue weighted by atomic mass is 31.2. The molecule has 0 aliphatic heterocycles. The molecular formula is C8H17FNO5P. The summed E-state index contributed by atoms with van der Waals surface area (Å²) in [7, 11) is -3.91. The van der Waals surface area contributed by atoms with Gasteiger partial charge in [0.15, 0.2) is 0 Å². The molecule has 0 fully saturated rings. The molecule has 8 heteroatoms. The summed E-state index contributed by atoms with van der Waals surface area (Å²) < 4.78 is 34.8. The molecule has 0 aromatic carbocycles. The highest BCUT2D eigenvalue weighted by Crippen LogP contribution is 2.54. The van der Waals surface area contributed by atoms with Crippen LogP contribution in [-0.2, 0) is 18.4 Å². The van der Waals surface area contributed by atoms with Crippen molar-refractivity contribution in [1.82, 2.24) is 0 Å². The first-order valence-electron chi connectivity index (χ1n) is 4.88. The van der Waals surface area contributed by atoms with Crippen molar-refractivity contribution in [2.45, 2.75) is 32.2 Å². The Kier molecular flexibility index (Phi) is 6.74. The molecule has 0 saturated carbocycles. The first kappa shape index (κ1) is 15.5. The Balaban J connectivity index is 4.55. The third-order valence-electron chi connectivity index (χ3n) is 1.73. The van der Waals surface area contributed by atoms with Gasteiger partial charge in [-0.2, -0.15) is 0 Å². The maximum Gasteiger partial charge on any atom is 0.364 e. The molecule has 0 bridgehead atoms. The van der Waals surface area contributed by atoms with E-state index >= 15 is 0 Å². The Hall–Kier alpha value is -0.490. The standard InChI is InChI=1S/C8H17FNO5P/c1-3-14-16(13,15-4-2)7(9)5-6(10)8(11)12/h6-7H,3-5,10H2,1-2H3,(H,11,12)/t6-,7+/m0/s1. The second kappa shape index (κ2) is 6.96. The number of nitrogens with two attached hydrogens (primary N) is 1. The number of rotatable bonds is 8. The van der Waals surface area contributed by atoms with Crippen molar-refractivity contribution in [3.8, 4) is 0 Å². The second-order valence-electron chi connectivity index (χ2n) is 2.99. The SMILES string of the molecule is CCOP(=O)(OCC)[C@@H](F)C[C@H](N)C(=O)O. The summed E-state index contributed by atoms with van der Waals surface area (Å²) in [4.78, 5) is 10.4. The lowest BCUT2D eigenvalue weighted by Crippen LogP contribution is -2.33. The van der Waals surface area contributed by atoms with Crippen LogP contribution in [0.1, 0.15) is 20.3 Å². The number of hydrogen-bond acceptors (Lipinski definition) is 5. The number of aliphatic carboxylic acids is 1. The molecule has 0 aliphatic carbocycles. The van der Waals surface area contributed by atoms with Crippen molar-refractivity contribution >= 4 is 13.6 Å². The van der Waals surface area contributed by atoms with E-state index in [1.165, 1.54) is 13.8 Å². The van der Waals surface area contributed by atoms with Crippen molar-refractivity contribution < 1.29 is 27.9 Å². The van der Waals surface area contributed by atoms with Gasteiger partial charge in [-0.3, -0.25) is 9.36 Å². The molecule has 0 spiro atoms. The fourth-order valence-corrected chi connectivity index (χ4v) is 2.60. The number of halogens is 1. The molecule has 0 unspecified atom stereocenters. The van der Waals surface area contributed by atoms with E-state index in [9.17, 15) is 13.8 Å². The zero-order valence-electron chi connectivity index (χ0n) is 9.26. The summed E-state index contributed by atoms with van der Waals surface area (Å²) in [5.74, 6) is -3.39. The summed E-state index contributed by atoms with van der Waals surface area (Å²) in [5, 5.41) is 8.49. The van der Waals surface area contributed by atoms with E-state index in [2.05, 4.69) is 0 Å². The molecule has 0 rings (SSSR count).